The van der Waals surface area contributed by atoms with Crippen LogP contribution >= 0.6 is 12.2 Å². The van der Waals surface area contributed by atoms with E-state index in [0.717, 1.165) is 13.0 Å². The van der Waals surface area contributed by atoms with Gasteiger partial charge in [0.1, 0.15) is 0 Å². The highest BCUT2D eigenvalue weighted by atomic mass is 32.1. The van der Waals surface area contributed by atoms with E-state index in [0.29, 0.717) is 23.4 Å². The molecule has 0 radical (unpaired) electrons. The highest BCUT2D eigenvalue weighted by molar-refractivity contribution is 7.80. The van der Waals surface area contributed by atoms with Gasteiger partial charge in [0.25, 0.3) is 0 Å². The third-order valence-electron chi connectivity index (χ3n) is 1.51. The van der Waals surface area contributed by atoms with Crippen LogP contribution in [0.15, 0.2) is 4.52 Å². The van der Waals surface area contributed by atoms with Crippen molar-refractivity contribution < 1.29 is 4.52 Å². The number of hydrogen-bond acceptors (Lipinski definition) is 4. The summed E-state index contributed by atoms with van der Waals surface area (Å²) in [4.78, 5) is 4.04. The highest BCUT2D eigenvalue weighted by Crippen LogP contribution is 1.94. The lowest BCUT2D eigenvalue weighted by atomic mass is 10.5. The first-order valence-electron chi connectivity index (χ1n) is 4.53. The van der Waals surface area contributed by atoms with E-state index >= 15 is 0 Å². The Hall–Kier alpha value is -1.17. The molecule has 2 N–H and O–H groups in total. The Balaban J connectivity index is 2.23. The van der Waals surface area contributed by atoms with Gasteiger partial charge in [-0.25, -0.2) is 0 Å². The van der Waals surface area contributed by atoms with Crippen LogP contribution in [-0.2, 0) is 6.54 Å². The number of aromatic nitrogens is 2. The minimum absolute atomic E-state index is 0.469. The van der Waals surface area contributed by atoms with Crippen LogP contribution in [0, 0.1) is 6.92 Å². The molecule has 5 nitrogen and oxygen atoms in total. The molecule has 0 atom stereocenters. The minimum Gasteiger partial charge on any atom is -0.363 e. The summed E-state index contributed by atoms with van der Waals surface area (Å²) in [6, 6.07) is 0. The van der Waals surface area contributed by atoms with Gasteiger partial charge in [-0.15, -0.1) is 0 Å². The molecular weight excluding hydrogens is 200 g/mol. The van der Waals surface area contributed by atoms with E-state index in [-0.39, 0.29) is 0 Å². The number of nitrogens with one attached hydrogen (secondary N) is 2. The van der Waals surface area contributed by atoms with Crippen LogP contribution < -0.4 is 10.6 Å². The average molecular weight is 214 g/mol. The number of aryl methyl sites for hydroxylation is 1. The zero-order valence-corrected chi connectivity index (χ0v) is 9.15. The standard InChI is InChI=1S/C8H14N4OS/c1-3-4-9-8(14)10-5-7-11-6(2)12-13-7/h3-5H2,1-2H3,(H2,9,10,14). The van der Waals surface area contributed by atoms with E-state index < -0.39 is 0 Å². The molecule has 1 rings (SSSR count). The molecule has 0 aliphatic rings. The van der Waals surface area contributed by atoms with E-state index in [4.69, 9.17) is 16.7 Å². The van der Waals surface area contributed by atoms with Crippen molar-refractivity contribution in [2.75, 3.05) is 6.54 Å². The number of nitrogens with zero attached hydrogens (tertiary/aromatic N) is 2. The van der Waals surface area contributed by atoms with Crippen LogP contribution in [0.1, 0.15) is 25.1 Å². The predicted molar refractivity (Wildman–Crippen MR) is 56.8 cm³/mol. The first-order chi connectivity index (χ1) is 6.72. The SMILES string of the molecule is CCCNC(=S)NCc1nc(C)no1. The monoisotopic (exact) mass is 214 g/mol. The van der Waals surface area contributed by atoms with Crippen molar-refractivity contribution in [1.29, 1.82) is 0 Å². The van der Waals surface area contributed by atoms with Gasteiger partial charge < -0.3 is 15.2 Å². The maximum atomic E-state index is 5.01. The largest absolute Gasteiger partial charge is 0.363 e. The number of rotatable bonds is 4. The second-order valence-electron chi connectivity index (χ2n) is 2.84. The number of thiocarbonyl (C=S) groups is 1. The van der Waals surface area contributed by atoms with Crippen LogP contribution in [0.3, 0.4) is 0 Å². The fourth-order valence-electron chi connectivity index (χ4n) is 0.869. The van der Waals surface area contributed by atoms with E-state index in [1.165, 1.54) is 0 Å². The molecule has 0 aromatic carbocycles. The summed E-state index contributed by atoms with van der Waals surface area (Å²) >= 11 is 5.01. The van der Waals surface area contributed by atoms with Crippen molar-refractivity contribution in [3.63, 3.8) is 0 Å². The molecule has 0 aliphatic heterocycles. The lowest BCUT2D eigenvalue weighted by Crippen LogP contribution is -2.35. The summed E-state index contributed by atoms with van der Waals surface area (Å²) < 4.78 is 4.91. The summed E-state index contributed by atoms with van der Waals surface area (Å²) in [5, 5.41) is 10.3. The van der Waals surface area contributed by atoms with Crippen molar-refractivity contribution in [2.24, 2.45) is 0 Å². The minimum atomic E-state index is 0.469. The molecule has 14 heavy (non-hydrogen) atoms. The third kappa shape index (κ3) is 3.69. The van der Waals surface area contributed by atoms with E-state index in [2.05, 4.69) is 27.7 Å². The fourth-order valence-corrected chi connectivity index (χ4v) is 1.04. The Morgan fingerprint density at radius 3 is 2.86 bits per heavy atom. The Morgan fingerprint density at radius 1 is 1.50 bits per heavy atom. The van der Waals surface area contributed by atoms with Gasteiger partial charge in [-0.3, -0.25) is 0 Å². The van der Waals surface area contributed by atoms with Crippen LogP contribution in [0.4, 0.5) is 0 Å². The molecule has 1 aromatic heterocycles. The maximum Gasteiger partial charge on any atom is 0.246 e. The Morgan fingerprint density at radius 2 is 2.29 bits per heavy atom. The zero-order chi connectivity index (χ0) is 10.4. The fraction of sp³-hybridized carbons (Fsp3) is 0.625. The second-order valence-corrected chi connectivity index (χ2v) is 3.25. The summed E-state index contributed by atoms with van der Waals surface area (Å²) in [5.41, 5.74) is 0. The molecule has 1 heterocycles. The summed E-state index contributed by atoms with van der Waals surface area (Å²) in [6.45, 7) is 5.20. The second kappa shape index (κ2) is 5.54. The molecule has 0 amide bonds. The van der Waals surface area contributed by atoms with Crippen molar-refractivity contribution >= 4 is 17.3 Å². The van der Waals surface area contributed by atoms with Crippen LogP contribution in [0.25, 0.3) is 0 Å². The van der Waals surface area contributed by atoms with Gasteiger partial charge in [0.2, 0.25) is 5.89 Å². The van der Waals surface area contributed by atoms with Crippen molar-refractivity contribution in [1.82, 2.24) is 20.8 Å². The molecule has 0 saturated heterocycles. The molecule has 0 fully saturated rings. The van der Waals surface area contributed by atoms with Crippen molar-refractivity contribution in [2.45, 2.75) is 26.8 Å². The highest BCUT2D eigenvalue weighted by Gasteiger charge is 2.02. The van der Waals surface area contributed by atoms with Crippen LogP contribution in [0.2, 0.25) is 0 Å². The molecular formula is C8H14N4OS. The van der Waals surface area contributed by atoms with Gasteiger partial charge >= 0.3 is 0 Å². The Bertz CT molecular complexity index is 299. The zero-order valence-electron chi connectivity index (χ0n) is 8.33. The van der Waals surface area contributed by atoms with Crippen molar-refractivity contribution in [3.8, 4) is 0 Å². The predicted octanol–water partition coefficient (Wildman–Crippen LogP) is 0.752. The average Bonchev–Trinajstić information content (AvgIpc) is 2.58. The lowest BCUT2D eigenvalue weighted by molar-refractivity contribution is 0.371. The Kier molecular flexibility index (Phi) is 4.31. The molecule has 1 aromatic rings. The van der Waals surface area contributed by atoms with Crippen molar-refractivity contribution in [3.05, 3.63) is 11.7 Å². The molecule has 6 heteroatoms. The summed E-state index contributed by atoms with van der Waals surface area (Å²) in [5.74, 6) is 1.18. The maximum absolute atomic E-state index is 5.01. The van der Waals surface area contributed by atoms with Gasteiger partial charge in [-0.1, -0.05) is 12.1 Å². The van der Waals surface area contributed by atoms with Gasteiger partial charge in [0.15, 0.2) is 10.9 Å². The first kappa shape index (κ1) is 10.9. The Labute approximate surface area is 88.3 Å². The molecule has 0 aliphatic carbocycles. The quantitative estimate of drug-likeness (QED) is 0.721. The molecule has 0 spiro atoms. The third-order valence-corrected chi connectivity index (χ3v) is 1.79. The topological polar surface area (TPSA) is 63.0 Å². The summed E-state index contributed by atoms with van der Waals surface area (Å²) in [6.07, 6.45) is 1.04. The molecule has 0 unspecified atom stereocenters. The van der Waals surface area contributed by atoms with Gasteiger partial charge in [0, 0.05) is 6.54 Å². The molecule has 0 bridgehead atoms. The van der Waals surface area contributed by atoms with E-state index in [1.54, 1.807) is 6.92 Å². The van der Waals surface area contributed by atoms with E-state index in [9.17, 15) is 0 Å². The van der Waals surface area contributed by atoms with E-state index in [1.807, 2.05) is 0 Å². The number of hydrogen-bond donors (Lipinski definition) is 2. The molecule has 0 saturated carbocycles. The van der Waals surface area contributed by atoms with Gasteiger partial charge in [-0.2, -0.15) is 4.98 Å². The molecule has 78 valence electrons. The smallest absolute Gasteiger partial charge is 0.246 e. The summed E-state index contributed by atoms with van der Waals surface area (Å²) in [7, 11) is 0. The normalized spacial score (nSPS) is 9.86. The van der Waals surface area contributed by atoms with Crippen LogP contribution in [0.5, 0.6) is 0 Å². The van der Waals surface area contributed by atoms with Gasteiger partial charge in [0.05, 0.1) is 6.54 Å². The van der Waals surface area contributed by atoms with Crippen LogP contribution in [-0.4, -0.2) is 21.8 Å². The lowest BCUT2D eigenvalue weighted by Gasteiger charge is -2.06. The first-order valence-corrected chi connectivity index (χ1v) is 4.94. The van der Waals surface area contributed by atoms with Gasteiger partial charge in [-0.05, 0) is 25.6 Å².